The van der Waals surface area contributed by atoms with Gasteiger partial charge in [-0.2, -0.15) is 0 Å². The Morgan fingerprint density at radius 3 is 2.80 bits per heavy atom. The van der Waals surface area contributed by atoms with Crippen LogP contribution in [0.25, 0.3) is 0 Å². The molecule has 25 heavy (non-hydrogen) atoms. The number of ketones is 1. The standard InChI is InChI=1S/C22H28O3/c1-11-13-6-7-14-20-9-5-8-19(3,4)17(20)12(2)22(24,25-10-20)21(14)16(13)15(11)18(21)23/h5,9,12-14,16-17,24H,6-8,10H2,1-4H3. The lowest BCUT2D eigenvalue weighted by molar-refractivity contribution is -0.432. The second kappa shape index (κ2) is 3.84. The molecule has 0 radical (unpaired) electrons. The van der Waals surface area contributed by atoms with Gasteiger partial charge in [-0.25, -0.2) is 0 Å². The van der Waals surface area contributed by atoms with E-state index in [1.165, 1.54) is 12.0 Å². The van der Waals surface area contributed by atoms with E-state index in [2.05, 4.69) is 39.8 Å². The van der Waals surface area contributed by atoms with Crippen molar-refractivity contribution in [2.45, 2.75) is 52.7 Å². The lowest BCUT2D eigenvalue weighted by atomic mass is 9.25. The maximum atomic E-state index is 13.5. The Morgan fingerprint density at radius 1 is 1.28 bits per heavy atom. The van der Waals surface area contributed by atoms with Gasteiger partial charge in [0.15, 0.2) is 11.6 Å². The molecule has 7 rings (SSSR count). The van der Waals surface area contributed by atoms with Crippen molar-refractivity contribution in [1.29, 1.82) is 0 Å². The normalized spacial score (nSPS) is 59.6. The number of carbonyl (C=O) groups excluding carboxylic acids is 1. The Kier molecular flexibility index (Phi) is 2.33. The number of hydrogen-bond donors (Lipinski definition) is 1. The van der Waals surface area contributed by atoms with Gasteiger partial charge >= 0.3 is 0 Å². The third-order valence-electron chi connectivity index (χ3n) is 9.52. The number of aliphatic hydroxyl groups is 1. The molecule has 0 amide bonds. The van der Waals surface area contributed by atoms with Crippen molar-refractivity contribution < 1.29 is 14.6 Å². The van der Waals surface area contributed by atoms with Gasteiger partial charge in [0.05, 0.1) is 12.0 Å². The minimum atomic E-state index is -1.28. The summed E-state index contributed by atoms with van der Waals surface area (Å²) in [5.41, 5.74) is 1.72. The van der Waals surface area contributed by atoms with Crippen LogP contribution in [0.1, 0.15) is 47.0 Å². The second-order valence-corrected chi connectivity index (χ2v) is 10.5. The highest BCUT2D eigenvalue weighted by molar-refractivity contribution is 6.12. The lowest BCUT2D eigenvalue weighted by Crippen LogP contribution is -2.86. The predicted octanol–water partition coefficient (Wildman–Crippen LogP) is 3.49. The number of fused-ring (bicyclic) bond motifs is 1. The van der Waals surface area contributed by atoms with Gasteiger partial charge in [0.25, 0.3) is 0 Å². The molecule has 134 valence electrons. The molecular weight excluding hydrogens is 312 g/mol. The van der Waals surface area contributed by atoms with Gasteiger partial charge in [0.2, 0.25) is 0 Å². The summed E-state index contributed by atoms with van der Waals surface area (Å²) in [6.45, 7) is 9.52. The van der Waals surface area contributed by atoms with Crippen molar-refractivity contribution >= 4 is 5.78 Å². The zero-order valence-electron chi connectivity index (χ0n) is 15.6. The van der Waals surface area contributed by atoms with Crippen LogP contribution in [0.5, 0.6) is 0 Å². The van der Waals surface area contributed by atoms with Crippen LogP contribution in [-0.2, 0) is 9.53 Å². The molecule has 2 bridgehead atoms. The molecule has 8 unspecified atom stereocenters. The van der Waals surface area contributed by atoms with Crippen LogP contribution in [0.3, 0.4) is 0 Å². The molecule has 2 saturated heterocycles. The van der Waals surface area contributed by atoms with Crippen molar-refractivity contribution in [3.05, 3.63) is 23.3 Å². The maximum Gasteiger partial charge on any atom is 0.182 e. The largest absolute Gasteiger partial charge is 0.364 e. The summed E-state index contributed by atoms with van der Waals surface area (Å²) in [6, 6.07) is 0. The lowest BCUT2D eigenvalue weighted by Gasteiger charge is -2.80. The Bertz CT molecular complexity index is 791. The van der Waals surface area contributed by atoms with E-state index in [4.69, 9.17) is 4.74 Å². The quantitative estimate of drug-likeness (QED) is 0.687. The van der Waals surface area contributed by atoms with Crippen LogP contribution in [0.2, 0.25) is 0 Å². The van der Waals surface area contributed by atoms with E-state index in [0.717, 1.165) is 18.4 Å². The molecule has 1 N–H and O–H groups in total. The van der Waals surface area contributed by atoms with Gasteiger partial charge in [0.1, 0.15) is 0 Å². The van der Waals surface area contributed by atoms with Crippen molar-refractivity contribution in [1.82, 2.24) is 0 Å². The molecule has 0 aromatic carbocycles. The van der Waals surface area contributed by atoms with Crippen molar-refractivity contribution in [2.24, 2.45) is 45.8 Å². The van der Waals surface area contributed by atoms with Crippen LogP contribution >= 0.6 is 0 Å². The fourth-order valence-corrected chi connectivity index (χ4v) is 8.95. The highest BCUT2D eigenvalue weighted by Crippen LogP contribution is 2.82. The molecule has 5 fully saturated rings. The first-order valence-corrected chi connectivity index (χ1v) is 10.0. The summed E-state index contributed by atoms with van der Waals surface area (Å²) < 4.78 is 6.26. The molecule has 2 aliphatic heterocycles. The fourth-order valence-electron chi connectivity index (χ4n) is 8.95. The number of Topliss-reactive ketones (excluding diaryl/α,β-unsaturated/α-hetero) is 1. The summed E-state index contributed by atoms with van der Waals surface area (Å²) in [5, 5.41) is 11.9. The minimum Gasteiger partial charge on any atom is -0.364 e. The average molecular weight is 340 g/mol. The smallest absolute Gasteiger partial charge is 0.182 e. The summed E-state index contributed by atoms with van der Waals surface area (Å²) in [4.78, 5) is 13.5. The van der Waals surface area contributed by atoms with Crippen LogP contribution in [0.4, 0.5) is 0 Å². The maximum absolute atomic E-state index is 13.5. The first-order valence-electron chi connectivity index (χ1n) is 10.0. The second-order valence-electron chi connectivity index (χ2n) is 10.5. The molecule has 7 aliphatic rings. The van der Waals surface area contributed by atoms with Crippen LogP contribution in [-0.4, -0.2) is 23.3 Å². The third-order valence-corrected chi connectivity index (χ3v) is 9.52. The number of allylic oxidation sites excluding steroid dienone is 3. The SMILES string of the molecule is CC1=C2C(=O)C34C2C1CCC3C12C=CCC(C)(C)C1C(C)C4(O)OC2. The Labute approximate surface area is 149 Å². The average Bonchev–Trinajstić information content (AvgIpc) is 2.54. The molecule has 2 heterocycles. The van der Waals surface area contributed by atoms with Crippen LogP contribution < -0.4 is 0 Å². The van der Waals surface area contributed by atoms with E-state index < -0.39 is 11.2 Å². The minimum absolute atomic E-state index is 0.0115. The van der Waals surface area contributed by atoms with Gasteiger partial charge < -0.3 is 9.84 Å². The first-order chi connectivity index (χ1) is 11.7. The Hall–Kier alpha value is -0.930. The predicted molar refractivity (Wildman–Crippen MR) is 93.4 cm³/mol. The monoisotopic (exact) mass is 340 g/mol. The summed E-state index contributed by atoms with van der Waals surface area (Å²) in [5.74, 6) is 0.291. The molecule has 3 heteroatoms. The Morgan fingerprint density at radius 2 is 2.04 bits per heavy atom. The van der Waals surface area contributed by atoms with E-state index in [-0.39, 0.29) is 34.4 Å². The highest BCUT2D eigenvalue weighted by Gasteiger charge is 2.87. The number of carbonyl (C=O) groups is 1. The molecule has 5 aliphatic carbocycles. The molecule has 2 spiro atoms. The topological polar surface area (TPSA) is 46.5 Å². The van der Waals surface area contributed by atoms with Crippen molar-refractivity contribution in [2.75, 3.05) is 6.61 Å². The van der Waals surface area contributed by atoms with Crippen LogP contribution in [0.15, 0.2) is 23.3 Å². The van der Waals surface area contributed by atoms with Crippen molar-refractivity contribution in [3.8, 4) is 0 Å². The van der Waals surface area contributed by atoms with Gasteiger partial charge in [-0.05, 0) is 49.4 Å². The van der Waals surface area contributed by atoms with E-state index in [1.54, 1.807) is 0 Å². The van der Waals surface area contributed by atoms with Gasteiger partial charge in [-0.1, -0.05) is 38.5 Å². The van der Waals surface area contributed by atoms with E-state index in [0.29, 0.717) is 18.4 Å². The molecule has 0 aromatic heterocycles. The summed E-state index contributed by atoms with van der Waals surface area (Å²) in [7, 11) is 0. The Balaban J connectivity index is 1.63. The molecule has 3 saturated carbocycles. The number of rotatable bonds is 0. The molecule has 8 atom stereocenters. The highest BCUT2D eigenvalue weighted by atomic mass is 16.6. The van der Waals surface area contributed by atoms with Gasteiger partial charge in [-0.3, -0.25) is 4.79 Å². The van der Waals surface area contributed by atoms with E-state index >= 15 is 0 Å². The van der Waals surface area contributed by atoms with Crippen molar-refractivity contribution in [3.63, 3.8) is 0 Å². The first kappa shape index (κ1) is 15.2. The van der Waals surface area contributed by atoms with Gasteiger partial charge in [0, 0.05) is 22.8 Å². The summed E-state index contributed by atoms with van der Waals surface area (Å²) >= 11 is 0. The molecular formula is C22H28O3. The molecule has 3 nitrogen and oxygen atoms in total. The van der Waals surface area contributed by atoms with Gasteiger partial charge in [-0.15, -0.1) is 0 Å². The molecule has 0 aromatic rings. The summed E-state index contributed by atoms with van der Waals surface area (Å²) in [6.07, 6.45) is 7.99. The zero-order valence-corrected chi connectivity index (χ0v) is 15.6. The van der Waals surface area contributed by atoms with E-state index in [9.17, 15) is 9.90 Å². The zero-order chi connectivity index (χ0) is 17.6. The fraction of sp³-hybridized carbons (Fsp3) is 0.773. The number of hydrogen-bond acceptors (Lipinski definition) is 3. The number of ether oxygens (including phenoxy) is 1. The van der Waals surface area contributed by atoms with Crippen LogP contribution in [0, 0.1) is 45.8 Å². The third kappa shape index (κ3) is 1.16. The van der Waals surface area contributed by atoms with E-state index in [1.807, 2.05) is 0 Å².